The first-order valence-corrected chi connectivity index (χ1v) is 7.08. The molecule has 1 aromatic rings. The van der Waals surface area contributed by atoms with E-state index in [1.807, 2.05) is 27.7 Å². The van der Waals surface area contributed by atoms with Crippen molar-refractivity contribution < 1.29 is 9.18 Å². The van der Waals surface area contributed by atoms with Gasteiger partial charge in [0.1, 0.15) is 5.82 Å². The molecule has 112 valence electrons. The first-order valence-electron chi connectivity index (χ1n) is 7.08. The molecule has 4 heteroatoms. The average molecular weight is 280 g/mol. The molecule has 0 radical (unpaired) electrons. The number of rotatable bonds is 6. The fraction of sp³-hybridized carbons (Fsp3) is 0.562. The van der Waals surface area contributed by atoms with Gasteiger partial charge in [0.2, 0.25) is 5.91 Å². The van der Waals surface area contributed by atoms with Gasteiger partial charge < -0.3 is 11.1 Å². The van der Waals surface area contributed by atoms with Crippen molar-refractivity contribution in [3.8, 4) is 0 Å². The van der Waals surface area contributed by atoms with Crippen LogP contribution in [-0.2, 0) is 10.2 Å². The van der Waals surface area contributed by atoms with Crippen LogP contribution in [0.15, 0.2) is 24.3 Å². The lowest BCUT2D eigenvalue weighted by atomic mass is 9.84. The van der Waals surface area contributed by atoms with Crippen LogP contribution in [0.5, 0.6) is 0 Å². The maximum Gasteiger partial charge on any atom is 0.237 e. The molecule has 0 saturated heterocycles. The molecule has 0 aromatic heterocycles. The summed E-state index contributed by atoms with van der Waals surface area (Å²) >= 11 is 0. The lowest BCUT2D eigenvalue weighted by Gasteiger charge is -2.27. The van der Waals surface area contributed by atoms with Crippen LogP contribution in [-0.4, -0.2) is 18.5 Å². The summed E-state index contributed by atoms with van der Waals surface area (Å²) in [4.78, 5) is 12.0. The SMILES string of the molecule is CCC(C)C(N)C(=O)NCC(C)(C)c1ccccc1F. The van der Waals surface area contributed by atoms with Gasteiger partial charge in [-0.2, -0.15) is 0 Å². The lowest BCUT2D eigenvalue weighted by molar-refractivity contribution is -0.123. The molecule has 0 saturated carbocycles. The third kappa shape index (κ3) is 4.04. The van der Waals surface area contributed by atoms with Crippen LogP contribution in [0.1, 0.15) is 39.7 Å². The Hall–Kier alpha value is -1.42. The van der Waals surface area contributed by atoms with Crippen LogP contribution in [0, 0.1) is 11.7 Å². The van der Waals surface area contributed by atoms with E-state index in [0.29, 0.717) is 12.1 Å². The second-order valence-corrected chi connectivity index (χ2v) is 5.99. The normalized spacial score (nSPS) is 14.7. The number of halogens is 1. The summed E-state index contributed by atoms with van der Waals surface area (Å²) in [5.41, 5.74) is 6.00. The Kier molecular flexibility index (Phi) is 5.69. The van der Waals surface area contributed by atoms with Gasteiger partial charge in [0.05, 0.1) is 6.04 Å². The molecule has 2 unspecified atom stereocenters. The van der Waals surface area contributed by atoms with Crippen molar-refractivity contribution in [2.45, 2.75) is 45.6 Å². The Morgan fingerprint density at radius 2 is 2.00 bits per heavy atom. The Morgan fingerprint density at radius 3 is 2.55 bits per heavy atom. The number of benzene rings is 1. The van der Waals surface area contributed by atoms with Gasteiger partial charge in [-0.25, -0.2) is 4.39 Å². The number of carbonyl (C=O) groups excluding carboxylic acids is 1. The maximum atomic E-state index is 13.8. The topological polar surface area (TPSA) is 55.1 Å². The number of hydrogen-bond donors (Lipinski definition) is 2. The molecule has 0 aliphatic rings. The molecule has 20 heavy (non-hydrogen) atoms. The van der Waals surface area contributed by atoms with Gasteiger partial charge in [0, 0.05) is 12.0 Å². The molecule has 0 heterocycles. The fourth-order valence-electron chi connectivity index (χ4n) is 2.04. The molecular formula is C16H25FN2O. The summed E-state index contributed by atoms with van der Waals surface area (Å²) in [5.74, 6) is -0.298. The summed E-state index contributed by atoms with van der Waals surface area (Å²) in [5, 5.41) is 2.83. The number of nitrogens with two attached hydrogens (primary N) is 1. The highest BCUT2D eigenvalue weighted by atomic mass is 19.1. The summed E-state index contributed by atoms with van der Waals surface area (Å²) < 4.78 is 13.8. The second kappa shape index (κ2) is 6.84. The quantitative estimate of drug-likeness (QED) is 0.841. The highest BCUT2D eigenvalue weighted by molar-refractivity contribution is 5.81. The van der Waals surface area contributed by atoms with E-state index >= 15 is 0 Å². The highest BCUT2D eigenvalue weighted by Crippen LogP contribution is 2.24. The minimum atomic E-state index is -0.517. The van der Waals surface area contributed by atoms with Crippen LogP contribution >= 0.6 is 0 Å². The molecule has 3 N–H and O–H groups in total. The molecule has 0 fully saturated rings. The molecule has 3 nitrogen and oxygen atoms in total. The molecule has 2 atom stereocenters. The van der Waals surface area contributed by atoms with Gasteiger partial charge in [-0.05, 0) is 17.5 Å². The Labute approximate surface area is 120 Å². The first kappa shape index (κ1) is 16.6. The lowest BCUT2D eigenvalue weighted by Crippen LogP contribution is -2.48. The van der Waals surface area contributed by atoms with Gasteiger partial charge in [-0.15, -0.1) is 0 Å². The average Bonchev–Trinajstić information content (AvgIpc) is 2.43. The van der Waals surface area contributed by atoms with Crippen LogP contribution < -0.4 is 11.1 Å². The van der Waals surface area contributed by atoms with Crippen molar-refractivity contribution >= 4 is 5.91 Å². The number of nitrogens with one attached hydrogen (secondary N) is 1. The van der Waals surface area contributed by atoms with Gasteiger partial charge in [-0.3, -0.25) is 4.79 Å². The van der Waals surface area contributed by atoms with Crippen molar-refractivity contribution in [1.29, 1.82) is 0 Å². The summed E-state index contributed by atoms with van der Waals surface area (Å²) in [6.07, 6.45) is 0.852. The summed E-state index contributed by atoms with van der Waals surface area (Å²) in [6.45, 7) is 8.12. The van der Waals surface area contributed by atoms with Crippen molar-refractivity contribution in [3.63, 3.8) is 0 Å². The predicted octanol–water partition coefficient (Wildman–Crippen LogP) is 2.59. The van der Waals surface area contributed by atoms with E-state index in [1.165, 1.54) is 6.07 Å². The van der Waals surface area contributed by atoms with Crippen molar-refractivity contribution in [2.24, 2.45) is 11.7 Å². The predicted molar refractivity (Wildman–Crippen MR) is 79.9 cm³/mol. The van der Waals surface area contributed by atoms with Crippen molar-refractivity contribution in [2.75, 3.05) is 6.54 Å². The van der Waals surface area contributed by atoms with E-state index in [2.05, 4.69) is 5.32 Å². The van der Waals surface area contributed by atoms with E-state index in [9.17, 15) is 9.18 Å². The molecule has 1 amide bonds. The van der Waals surface area contributed by atoms with E-state index < -0.39 is 11.5 Å². The van der Waals surface area contributed by atoms with E-state index in [0.717, 1.165) is 6.42 Å². The molecule has 0 aliphatic heterocycles. The first-order chi connectivity index (χ1) is 9.29. The molecular weight excluding hydrogens is 255 g/mol. The maximum absolute atomic E-state index is 13.8. The molecule has 0 bridgehead atoms. The molecule has 1 rings (SSSR count). The third-order valence-electron chi connectivity index (χ3n) is 3.87. The van der Waals surface area contributed by atoms with Gasteiger partial charge >= 0.3 is 0 Å². The van der Waals surface area contributed by atoms with Crippen molar-refractivity contribution in [3.05, 3.63) is 35.6 Å². The third-order valence-corrected chi connectivity index (χ3v) is 3.87. The minimum absolute atomic E-state index is 0.131. The monoisotopic (exact) mass is 280 g/mol. The molecule has 1 aromatic carbocycles. The zero-order valence-corrected chi connectivity index (χ0v) is 12.7. The number of amides is 1. The zero-order chi connectivity index (χ0) is 15.3. The number of carbonyl (C=O) groups is 1. The van der Waals surface area contributed by atoms with E-state index in [1.54, 1.807) is 18.2 Å². The summed E-state index contributed by atoms with van der Waals surface area (Å²) in [6, 6.07) is 6.12. The van der Waals surface area contributed by atoms with Gasteiger partial charge in [0.15, 0.2) is 0 Å². The minimum Gasteiger partial charge on any atom is -0.354 e. The smallest absolute Gasteiger partial charge is 0.237 e. The largest absolute Gasteiger partial charge is 0.354 e. The van der Waals surface area contributed by atoms with Gasteiger partial charge in [0.25, 0.3) is 0 Å². The Bertz CT molecular complexity index is 460. The molecule has 0 aliphatic carbocycles. The second-order valence-electron chi connectivity index (χ2n) is 5.99. The Morgan fingerprint density at radius 1 is 1.40 bits per heavy atom. The zero-order valence-electron chi connectivity index (χ0n) is 12.7. The van der Waals surface area contributed by atoms with Crippen LogP contribution in [0.25, 0.3) is 0 Å². The standard InChI is InChI=1S/C16H25FN2O/c1-5-11(2)14(18)15(20)19-10-16(3,4)12-8-6-7-9-13(12)17/h6-9,11,14H,5,10,18H2,1-4H3,(H,19,20). The van der Waals surface area contributed by atoms with E-state index in [-0.39, 0.29) is 17.6 Å². The van der Waals surface area contributed by atoms with Crippen LogP contribution in [0.3, 0.4) is 0 Å². The number of hydrogen-bond acceptors (Lipinski definition) is 2. The fourth-order valence-corrected chi connectivity index (χ4v) is 2.04. The van der Waals surface area contributed by atoms with Crippen LogP contribution in [0.4, 0.5) is 4.39 Å². The van der Waals surface area contributed by atoms with Crippen molar-refractivity contribution in [1.82, 2.24) is 5.32 Å². The Balaban J connectivity index is 2.69. The van der Waals surface area contributed by atoms with E-state index in [4.69, 9.17) is 5.73 Å². The summed E-state index contributed by atoms with van der Waals surface area (Å²) in [7, 11) is 0. The van der Waals surface area contributed by atoms with Gasteiger partial charge in [-0.1, -0.05) is 52.3 Å². The van der Waals surface area contributed by atoms with Crippen LogP contribution in [0.2, 0.25) is 0 Å². The molecule has 0 spiro atoms. The highest BCUT2D eigenvalue weighted by Gasteiger charge is 2.26.